The predicted octanol–water partition coefficient (Wildman–Crippen LogP) is 2.43. The topological polar surface area (TPSA) is 57.6 Å². The van der Waals surface area contributed by atoms with Gasteiger partial charge in [0.15, 0.2) is 0 Å². The molecule has 1 saturated heterocycles. The van der Waals surface area contributed by atoms with Crippen LogP contribution in [0.4, 0.5) is 0 Å². The van der Waals surface area contributed by atoms with E-state index < -0.39 is 11.9 Å². The first-order valence-corrected chi connectivity index (χ1v) is 7.76. The smallest absolute Gasteiger partial charge is 0.308 e. The second-order valence-corrected chi connectivity index (χ2v) is 6.11. The van der Waals surface area contributed by atoms with Crippen LogP contribution in [0.2, 0.25) is 0 Å². The zero-order valence-electron chi connectivity index (χ0n) is 12.1. The van der Waals surface area contributed by atoms with Crippen LogP contribution in [0.5, 0.6) is 0 Å². The van der Waals surface area contributed by atoms with E-state index in [0.29, 0.717) is 19.5 Å². The number of benzene rings is 1. The average molecular weight is 287 g/mol. The first-order valence-electron chi connectivity index (χ1n) is 7.76. The van der Waals surface area contributed by atoms with Crippen molar-refractivity contribution in [2.45, 2.75) is 38.0 Å². The monoisotopic (exact) mass is 287 g/mol. The molecule has 2 atom stereocenters. The molecule has 112 valence electrons. The highest BCUT2D eigenvalue weighted by Gasteiger charge is 2.34. The number of hydrogen-bond acceptors (Lipinski definition) is 2. The molecule has 0 saturated carbocycles. The summed E-state index contributed by atoms with van der Waals surface area (Å²) in [7, 11) is 0. The molecule has 1 aliphatic heterocycles. The lowest BCUT2D eigenvalue weighted by Gasteiger charge is -2.35. The van der Waals surface area contributed by atoms with Crippen LogP contribution in [0.3, 0.4) is 0 Å². The fourth-order valence-electron chi connectivity index (χ4n) is 3.61. The first kappa shape index (κ1) is 14.1. The van der Waals surface area contributed by atoms with Crippen molar-refractivity contribution >= 4 is 11.9 Å². The lowest BCUT2D eigenvalue weighted by atomic mass is 9.81. The predicted molar refractivity (Wildman–Crippen MR) is 79.1 cm³/mol. The minimum Gasteiger partial charge on any atom is -0.481 e. The number of fused-ring (bicyclic) bond motifs is 1. The van der Waals surface area contributed by atoms with Gasteiger partial charge in [-0.05, 0) is 43.2 Å². The maximum atomic E-state index is 12.8. The van der Waals surface area contributed by atoms with Crippen molar-refractivity contribution in [1.82, 2.24) is 4.90 Å². The summed E-state index contributed by atoms with van der Waals surface area (Å²) in [6.07, 6.45) is 4.42. The minimum absolute atomic E-state index is 0.0810. The number of carbonyl (C=O) groups is 2. The Bertz CT molecular complexity index is 555. The van der Waals surface area contributed by atoms with Gasteiger partial charge in [0.25, 0.3) is 0 Å². The van der Waals surface area contributed by atoms with Gasteiger partial charge in [0.05, 0.1) is 11.8 Å². The van der Waals surface area contributed by atoms with E-state index >= 15 is 0 Å². The Morgan fingerprint density at radius 3 is 2.76 bits per heavy atom. The number of nitrogens with zero attached hydrogens (tertiary/aromatic N) is 1. The third-order valence-electron chi connectivity index (χ3n) is 4.75. The second kappa shape index (κ2) is 5.88. The number of amides is 1. The van der Waals surface area contributed by atoms with Crippen molar-refractivity contribution in [3.05, 3.63) is 35.4 Å². The molecule has 1 aromatic carbocycles. The van der Waals surface area contributed by atoms with Crippen LogP contribution in [0.15, 0.2) is 24.3 Å². The number of piperidine rings is 1. The highest BCUT2D eigenvalue weighted by Crippen LogP contribution is 2.33. The van der Waals surface area contributed by atoms with Gasteiger partial charge in [-0.3, -0.25) is 9.59 Å². The van der Waals surface area contributed by atoms with Crippen LogP contribution in [-0.4, -0.2) is 35.0 Å². The van der Waals surface area contributed by atoms with Gasteiger partial charge in [-0.1, -0.05) is 24.3 Å². The van der Waals surface area contributed by atoms with Crippen LogP contribution in [0.1, 0.15) is 42.7 Å². The van der Waals surface area contributed by atoms with Crippen molar-refractivity contribution in [3.8, 4) is 0 Å². The molecule has 1 N–H and O–H groups in total. The number of carbonyl (C=O) groups excluding carboxylic acids is 1. The molecule has 1 aromatic rings. The number of likely N-dealkylation sites (tertiary alicyclic amines) is 1. The van der Waals surface area contributed by atoms with Gasteiger partial charge in [0.2, 0.25) is 5.91 Å². The van der Waals surface area contributed by atoms with Gasteiger partial charge in [-0.15, -0.1) is 0 Å². The second-order valence-electron chi connectivity index (χ2n) is 6.11. The Morgan fingerprint density at radius 1 is 1.14 bits per heavy atom. The molecule has 4 nitrogen and oxygen atoms in total. The third kappa shape index (κ3) is 2.80. The van der Waals surface area contributed by atoms with Crippen LogP contribution < -0.4 is 0 Å². The lowest BCUT2D eigenvalue weighted by molar-refractivity contribution is -0.146. The summed E-state index contributed by atoms with van der Waals surface area (Å²) in [6, 6.07) is 8.16. The fraction of sp³-hybridized carbons (Fsp3) is 0.529. The first-order chi connectivity index (χ1) is 10.2. The van der Waals surface area contributed by atoms with Gasteiger partial charge in [-0.2, -0.15) is 0 Å². The van der Waals surface area contributed by atoms with E-state index in [9.17, 15) is 9.59 Å². The average Bonchev–Trinajstić information content (AvgIpc) is 2.53. The fourth-order valence-corrected chi connectivity index (χ4v) is 3.61. The van der Waals surface area contributed by atoms with Crippen LogP contribution >= 0.6 is 0 Å². The normalized spacial score (nSPS) is 25.2. The molecule has 0 bridgehead atoms. The Labute approximate surface area is 124 Å². The molecule has 1 fully saturated rings. The number of aliphatic carboxylic acids is 1. The number of carboxylic acid groups (broad SMARTS) is 1. The number of hydrogen-bond donors (Lipinski definition) is 1. The summed E-state index contributed by atoms with van der Waals surface area (Å²) in [5.41, 5.74) is 2.42. The van der Waals surface area contributed by atoms with Gasteiger partial charge in [0.1, 0.15) is 0 Å². The largest absolute Gasteiger partial charge is 0.481 e. The molecule has 2 aliphatic rings. The Kier molecular flexibility index (Phi) is 3.95. The molecule has 1 amide bonds. The number of aryl methyl sites for hydroxylation is 1. The maximum Gasteiger partial charge on any atom is 0.308 e. The maximum absolute atomic E-state index is 12.8. The van der Waals surface area contributed by atoms with Crippen LogP contribution in [0, 0.1) is 5.92 Å². The van der Waals surface area contributed by atoms with E-state index in [2.05, 4.69) is 12.1 Å². The molecular formula is C17H21NO3. The van der Waals surface area contributed by atoms with E-state index in [4.69, 9.17) is 5.11 Å². The highest BCUT2D eigenvalue weighted by atomic mass is 16.4. The quantitative estimate of drug-likeness (QED) is 0.909. The summed E-state index contributed by atoms with van der Waals surface area (Å²) in [5.74, 6) is -1.14. The molecule has 1 heterocycles. The third-order valence-corrected chi connectivity index (χ3v) is 4.75. The Balaban J connectivity index is 1.78. The molecule has 21 heavy (non-hydrogen) atoms. The van der Waals surface area contributed by atoms with E-state index in [1.165, 1.54) is 5.56 Å². The van der Waals surface area contributed by atoms with E-state index in [-0.39, 0.29) is 11.8 Å². The Morgan fingerprint density at radius 2 is 1.95 bits per heavy atom. The van der Waals surface area contributed by atoms with Crippen LogP contribution in [0.25, 0.3) is 0 Å². The zero-order valence-corrected chi connectivity index (χ0v) is 12.1. The molecule has 4 heteroatoms. The summed E-state index contributed by atoms with van der Waals surface area (Å²) in [5, 5.41) is 9.17. The summed E-state index contributed by atoms with van der Waals surface area (Å²) in [4.78, 5) is 25.7. The molecule has 3 rings (SSSR count). The molecule has 0 unspecified atom stereocenters. The molecule has 0 spiro atoms. The minimum atomic E-state index is -0.781. The van der Waals surface area contributed by atoms with Crippen molar-refractivity contribution < 1.29 is 14.7 Å². The standard InChI is InChI=1S/C17H21NO3/c19-16(18-10-4-7-13(11-18)17(20)21)15-9-3-6-12-5-1-2-8-14(12)15/h1-2,5,8,13,15H,3-4,6-7,9-11H2,(H,20,21)/t13-,15+/m0/s1. The van der Waals surface area contributed by atoms with Crippen molar-refractivity contribution in [3.63, 3.8) is 0 Å². The molecule has 0 radical (unpaired) electrons. The summed E-state index contributed by atoms with van der Waals surface area (Å²) >= 11 is 0. The number of rotatable bonds is 2. The highest BCUT2D eigenvalue weighted by molar-refractivity contribution is 5.85. The Hall–Kier alpha value is -1.84. The van der Waals surface area contributed by atoms with Crippen molar-refractivity contribution in [1.29, 1.82) is 0 Å². The molecule has 0 aromatic heterocycles. The SMILES string of the molecule is O=C(O)[C@H]1CCCN(C(=O)[C@@H]2CCCc3ccccc32)C1. The van der Waals surface area contributed by atoms with Gasteiger partial charge >= 0.3 is 5.97 Å². The molecule has 1 aliphatic carbocycles. The number of carboxylic acids is 1. The van der Waals surface area contributed by atoms with Gasteiger partial charge in [-0.25, -0.2) is 0 Å². The van der Waals surface area contributed by atoms with Gasteiger partial charge in [0, 0.05) is 13.1 Å². The van der Waals surface area contributed by atoms with Crippen molar-refractivity contribution in [2.24, 2.45) is 5.92 Å². The zero-order chi connectivity index (χ0) is 14.8. The van der Waals surface area contributed by atoms with Crippen molar-refractivity contribution in [2.75, 3.05) is 13.1 Å². The molecular weight excluding hydrogens is 266 g/mol. The van der Waals surface area contributed by atoms with E-state index in [1.807, 2.05) is 12.1 Å². The summed E-state index contributed by atoms with van der Waals surface area (Å²) in [6.45, 7) is 1.06. The lowest BCUT2D eigenvalue weighted by Crippen LogP contribution is -2.44. The van der Waals surface area contributed by atoms with E-state index in [0.717, 1.165) is 31.2 Å². The van der Waals surface area contributed by atoms with Gasteiger partial charge < -0.3 is 10.0 Å². The van der Waals surface area contributed by atoms with E-state index in [1.54, 1.807) is 4.90 Å². The van der Waals surface area contributed by atoms with Crippen LogP contribution in [-0.2, 0) is 16.0 Å². The summed E-state index contributed by atoms with van der Waals surface area (Å²) < 4.78 is 0.